The molecule has 132 valence electrons. The van der Waals surface area contributed by atoms with Gasteiger partial charge in [0.25, 0.3) is 0 Å². The van der Waals surface area contributed by atoms with Crippen LogP contribution in [0.25, 0.3) is 10.2 Å². The lowest BCUT2D eigenvalue weighted by Gasteiger charge is -2.18. The van der Waals surface area contributed by atoms with Crippen LogP contribution in [0, 0.1) is 6.92 Å². The molecular weight excluding hydrogens is 370 g/mol. The van der Waals surface area contributed by atoms with Crippen molar-refractivity contribution >= 4 is 50.1 Å². The van der Waals surface area contributed by atoms with Crippen molar-refractivity contribution in [1.82, 2.24) is 4.98 Å². The highest BCUT2D eigenvalue weighted by molar-refractivity contribution is 7.22. The molecule has 6 nitrogen and oxygen atoms in total. The fourth-order valence-corrected chi connectivity index (χ4v) is 3.96. The van der Waals surface area contributed by atoms with Crippen LogP contribution in [-0.2, 0) is 14.3 Å². The molecule has 0 saturated carbocycles. The van der Waals surface area contributed by atoms with Crippen molar-refractivity contribution in [3.8, 4) is 0 Å². The first-order valence-electron chi connectivity index (χ1n) is 7.94. The van der Waals surface area contributed by atoms with E-state index in [1.165, 1.54) is 33.9 Å². The van der Waals surface area contributed by atoms with Gasteiger partial charge in [-0.05, 0) is 36.1 Å². The maximum Gasteiger partial charge on any atom is 0.319 e. The Morgan fingerprint density at radius 2 is 2.27 bits per heavy atom. The average Bonchev–Trinajstić information content (AvgIpc) is 3.31. The number of carbonyl (C=O) groups excluding carboxylic acids is 1. The molecule has 1 aromatic carbocycles. The Bertz CT molecular complexity index is 992. The number of fused-ring (bicyclic) bond motifs is 1. The summed E-state index contributed by atoms with van der Waals surface area (Å²) in [5, 5.41) is 8.07. The molecule has 1 aliphatic rings. The third kappa shape index (κ3) is 3.47. The van der Waals surface area contributed by atoms with Gasteiger partial charge in [0.1, 0.15) is 19.5 Å². The van der Waals surface area contributed by atoms with E-state index in [0.717, 1.165) is 20.7 Å². The highest BCUT2D eigenvalue weighted by Crippen LogP contribution is 2.31. The molecule has 0 bridgehead atoms. The number of benzene rings is 1. The summed E-state index contributed by atoms with van der Waals surface area (Å²) >= 11 is 2.95. The molecule has 0 radical (unpaired) electrons. The minimum Gasteiger partial charge on any atom is -0.494 e. The number of hydrazone groups is 1. The van der Waals surface area contributed by atoms with Gasteiger partial charge in [-0.1, -0.05) is 23.5 Å². The van der Waals surface area contributed by atoms with E-state index in [4.69, 9.17) is 9.47 Å². The van der Waals surface area contributed by atoms with Gasteiger partial charge in [-0.2, -0.15) is 10.1 Å². The van der Waals surface area contributed by atoms with E-state index in [9.17, 15) is 4.79 Å². The molecule has 0 spiro atoms. The lowest BCUT2D eigenvalue weighted by Crippen LogP contribution is -2.30. The van der Waals surface area contributed by atoms with E-state index in [0.29, 0.717) is 18.3 Å². The zero-order valence-electron chi connectivity index (χ0n) is 13.9. The first kappa shape index (κ1) is 16.7. The van der Waals surface area contributed by atoms with Gasteiger partial charge in [0.05, 0.1) is 16.4 Å². The lowest BCUT2D eigenvalue weighted by atomic mass is 10.2. The summed E-state index contributed by atoms with van der Waals surface area (Å²) in [4.78, 5) is 18.4. The number of thiophene rings is 1. The zero-order valence-corrected chi connectivity index (χ0v) is 15.5. The van der Waals surface area contributed by atoms with Crippen LogP contribution in [0.2, 0.25) is 0 Å². The summed E-state index contributed by atoms with van der Waals surface area (Å²) in [5.74, 6) is -0.289. The Morgan fingerprint density at radius 3 is 3.04 bits per heavy atom. The van der Waals surface area contributed by atoms with Crippen LogP contribution in [0.1, 0.15) is 10.4 Å². The predicted molar refractivity (Wildman–Crippen MR) is 104 cm³/mol. The van der Waals surface area contributed by atoms with Gasteiger partial charge in [0.15, 0.2) is 0 Å². The summed E-state index contributed by atoms with van der Waals surface area (Å²) in [6, 6.07) is 9.84. The van der Waals surface area contributed by atoms with Crippen molar-refractivity contribution in [3.63, 3.8) is 0 Å². The maximum atomic E-state index is 12.9. The number of amides is 1. The standard InChI is InChI=1S/C18H15N3O3S2/c1-12-4-5-14-16(9-12)26-18(20-14)21(19-10-13-3-2-8-25-13)17(22)15-11-23-6-7-24-15/h2-5,8-11H,6-7H2,1H3/b19-10+. The minimum absolute atomic E-state index is 0.120. The highest BCUT2D eigenvalue weighted by atomic mass is 32.1. The molecular formula is C18H15N3O3S2. The fourth-order valence-electron chi connectivity index (χ4n) is 2.36. The Kier molecular flexibility index (Phi) is 4.68. The van der Waals surface area contributed by atoms with Gasteiger partial charge in [0, 0.05) is 4.88 Å². The van der Waals surface area contributed by atoms with Gasteiger partial charge < -0.3 is 9.47 Å². The zero-order chi connectivity index (χ0) is 17.9. The van der Waals surface area contributed by atoms with E-state index in [-0.39, 0.29) is 5.76 Å². The van der Waals surface area contributed by atoms with Crippen LogP contribution in [0.3, 0.4) is 0 Å². The largest absolute Gasteiger partial charge is 0.494 e. The van der Waals surface area contributed by atoms with E-state index in [2.05, 4.69) is 10.1 Å². The highest BCUT2D eigenvalue weighted by Gasteiger charge is 2.26. The van der Waals surface area contributed by atoms with Crippen LogP contribution >= 0.6 is 22.7 Å². The topological polar surface area (TPSA) is 64.0 Å². The third-order valence-corrected chi connectivity index (χ3v) is 5.41. The minimum atomic E-state index is -0.409. The maximum absolute atomic E-state index is 12.9. The Labute approximate surface area is 158 Å². The number of hydrogen-bond acceptors (Lipinski definition) is 7. The van der Waals surface area contributed by atoms with Gasteiger partial charge in [-0.3, -0.25) is 4.79 Å². The number of rotatable bonds is 4. The summed E-state index contributed by atoms with van der Waals surface area (Å²) in [6.45, 7) is 2.78. The molecule has 8 heteroatoms. The molecule has 3 aromatic rings. The molecule has 1 aliphatic heterocycles. The Balaban J connectivity index is 1.73. The predicted octanol–water partition coefficient (Wildman–Crippen LogP) is 3.92. The van der Waals surface area contributed by atoms with Crippen LogP contribution in [0.4, 0.5) is 5.13 Å². The molecule has 0 saturated heterocycles. The van der Waals surface area contributed by atoms with E-state index in [1.807, 2.05) is 42.6 Å². The van der Waals surface area contributed by atoms with E-state index < -0.39 is 5.91 Å². The van der Waals surface area contributed by atoms with Crippen molar-refractivity contribution in [2.24, 2.45) is 5.10 Å². The molecule has 3 heterocycles. The Morgan fingerprint density at radius 1 is 1.35 bits per heavy atom. The number of thiazole rings is 1. The number of nitrogens with zero attached hydrogens (tertiary/aromatic N) is 3. The first-order valence-corrected chi connectivity index (χ1v) is 9.64. The smallest absolute Gasteiger partial charge is 0.319 e. The summed E-state index contributed by atoms with van der Waals surface area (Å²) in [6.07, 6.45) is 2.97. The molecule has 0 atom stereocenters. The second kappa shape index (κ2) is 7.27. The monoisotopic (exact) mass is 385 g/mol. The molecule has 1 amide bonds. The van der Waals surface area contributed by atoms with Crippen LogP contribution in [0.15, 0.2) is 52.8 Å². The van der Waals surface area contributed by atoms with E-state index >= 15 is 0 Å². The van der Waals surface area contributed by atoms with Gasteiger partial charge in [-0.15, -0.1) is 11.3 Å². The summed E-state index contributed by atoms with van der Waals surface area (Å²) in [7, 11) is 0. The van der Waals surface area contributed by atoms with E-state index in [1.54, 1.807) is 6.21 Å². The van der Waals surface area contributed by atoms with Gasteiger partial charge in [0.2, 0.25) is 10.9 Å². The molecule has 0 unspecified atom stereocenters. The SMILES string of the molecule is Cc1ccc2nc(N(/N=C/c3cccs3)C(=O)C3=COCCO3)sc2c1. The van der Waals surface area contributed by atoms with Crippen molar-refractivity contribution in [2.45, 2.75) is 6.92 Å². The molecule has 4 rings (SSSR count). The first-order chi connectivity index (χ1) is 12.7. The number of ether oxygens (including phenoxy) is 2. The summed E-state index contributed by atoms with van der Waals surface area (Å²) < 4.78 is 11.6. The average molecular weight is 385 g/mol. The number of hydrogen-bond donors (Lipinski definition) is 0. The second-order valence-corrected chi connectivity index (χ2v) is 7.53. The van der Waals surface area contributed by atoms with Crippen LogP contribution in [0.5, 0.6) is 0 Å². The second-order valence-electron chi connectivity index (χ2n) is 5.55. The number of carbonyl (C=O) groups is 1. The van der Waals surface area contributed by atoms with Crippen molar-refractivity contribution < 1.29 is 14.3 Å². The molecule has 0 fully saturated rings. The number of aryl methyl sites for hydroxylation is 1. The van der Waals surface area contributed by atoms with Crippen molar-refractivity contribution in [2.75, 3.05) is 18.2 Å². The molecule has 2 aromatic heterocycles. The quantitative estimate of drug-likeness (QED) is 0.504. The normalized spacial score (nSPS) is 14.1. The Hall–Kier alpha value is -2.71. The summed E-state index contributed by atoms with van der Waals surface area (Å²) in [5.41, 5.74) is 1.97. The molecule has 0 aliphatic carbocycles. The van der Waals surface area contributed by atoms with Gasteiger partial charge >= 0.3 is 5.91 Å². The van der Waals surface area contributed by atoms with Crippen molar-refractivity contribution in [1.29, 1.82) is 0 Å². The van der Waals surface area contributed by atoms with Crippen molar-refractivity contribution in [3.05, 3.63) is 58.2 Å². The fraction of sp³-hybridized carbons (Fsp3) is 0.167. The number of anilines is 1. The van der Waals surface area contributed by atoms with Gasteiger partial charge in [-0.25, -0.2) is 4.98 Å². The lowest BCUT2D eigenvalue weighted by molar-refractivity contribution is -0.119. The molecule has 0 N–H and O–H groups in total. The molecule has 26 heavy (non-hydrogen) atoms. The van der Waals surface area contributed by atoms with Crippen LogP contribution < -0.4 is 5.01 Å². The third-order valence-electron chi connectivity index (χ3n) is 3.61. The number of aromatic nitrogens is 1. The van der Waals surface area contributed by atoms with Crippen LogP contribution in [-0.4, -0.2) is 30.3 Å².